The minimum Gasteiger partial charge on any atom is -0.317 e. The highest BCUT2D eigenvalue weighted by atomic mass is 15.1. The lowest BCUT2D eigenvalue weighted by molar-refractivity contribution is 0.178. The Kier molecular flexibility index (Phi) is 5.14. The third-order valence-electron chi connectivity index (χ3n) is 4.18. The number of aromatic nitrogens is 1. The van der Waals surface area contributed by atoms with Crippen LogP contribution in [0.1, 0.15) is 31.4 Å². The van der Waals surface area contributed by atoms with E-state index in [0.717, 1.165) is 25.0 Å². The van der Waals surface area contributed by atoms with Crippen molar-refractivity contribution in [3.8, 4) is 0 Å². The monoisotopic (exact) mass is 247 g/mol. The zero-order valence-corrected chi connectivity index (χ0v) is 11.6. The smallest absolute Gasteiger partial charge is 0.0416 e. The van der Waals surface area contributed by atoms with Crippen molar-refractivity contribution in [3.63, 3.8) is 0 Å². The van der Waals surface area contributed by atoms with E-state index < -0.39 is 0 Å². The van der Waals surface area contributed by atoms with Gasteiger partial charge in [0.2, 0.25) is 0 Å². The molecule has 3 nitrogen and oxygen atoms in total. The minimum atomic E-state index is 0.741. The molecule has 0 amide bonds. The van der Waals surface area contributed by atoms with Gasteiger partial charge in [-0.05, 0) is 51.9 Å². The van der Waals surface area contributed by atoms with Crippen LogP contribution in [0.5, 0.6) is 0 Å². The van der Waals surface area contributed by atoms with E-state index in [9.17, 15) is 0 Å². The number of hydrogen-bond donors (Lipinski definition) is 1. The van der Waals surface area contributed by atoms with Crippen LogP contribution in [0.15, 0.2) is 24.4 Å². The van der Waals surface area contributed by atoms with Crippen molar-refractivity contribution in [2.45, 2.75) is 44.2 Å². The Bertz CT molecular complexity index is 331. The fourth-order valence-electron chi connectivity index (χ4n) is 2.82. The molecule has 0 spiro atoms. The van der Waals surface area contributed by atoms with Gasteiger partial charge in [-0.1, -0.05) is 6.07 Å². The van der Waals surface area contributed by atoms with Gasteiger partial charge in [-0.15, -0.1) is 0 Å². The molecule has 3 heteroatoms. The highest BCUT2D eigenvalue weighted by molar-refractivity contribution is 5.03. The Morgan fingerprint density at radius 2 is 2.06 bits per heavy atom. The maximum absolute atomic E-state index is 4.38. The highest BCUT2D eigenvalue weighted by Crippen LogP contribution is 2.22. The minimum absolute atomic E-state index is 0.741. The van der Waals surface area contributed by atoms with Gasteiger partial charge in [0, 0.05) is 36.9 Å². The number of rotatable bonds is 5. The second kappa shape index (κ2) is 6.86. The molecule has 0 aliphatic heterocycles. The van der Waals surface area contributed by atoms with Gasteiger partial charge < -0.3 is 10.2 Å². The molecule has 1 fully saturated rings. The van der Waals surface area contributed by atoms with E-state index >= 15 is 0 Å². The SMILES string of the molecule is CNC1CCC(N(C)CCc2ccccn2)CC1. The summed E-state index contributed by atoms with van der Waals surface area (Å²) in [6, 6.07) is 7.67. The van der Waals surface area contributed by atoms with Gasteiger partial charge in [0.15, 0.2) is 0 Å². The lowest BCUT2D eigenvalue weighted by Crippen LogP contribution is -2.40. The number of pyridine rings is 1. The van der Waals surface area contributed by atoms with E-state index in [1.165, 1.54) is 31.4 Å². The van der Waals surface area contributed by atoms with Gasteiger partial charge in [0.25, 0.3) is 0 Å². The van der Waals surface area contributed by atoms with Crippen LogP contribution in [0.4, 0.5) is 0 Å². The molecule has 0 atom stereocenters. The molecular weight excluding hydrogens is 222 g/mol. The van der Waals surface area contributed by atoms with Crippen LogP contribution in [-0.2, 0) is 6.42 Å². The maximum atomic E-state index is 4.38. The third kappa shape index (κ3) is 3.79. The summed E-state index contributed by atoms with van der Waals surface area (Å²) in [6.07, 6.45) is 8.22. The Morgan fingerprint density at radius 1 is 1.28 bits per heavy atom. The topological polar surface area (TPSA) is 28.2 Å². The highest BCUT2D eigenvalue weighted by Gasteiger charge is 2.22. The molecule has 0 bridgehead atoms. The number of likely N-dealkylation sites (N-methyl/N-ethyl adjacent to an activating group) is 1. The van der Waals surface area contributed by atoms with E-state index in [1.54, 1.807) is 0 Å². The summed E-state index contributed by atoms with van der Waals surface area (Å²) in [5.74, 6) is 0. The first kappa shape index (κ1) is 13.5. The third-order valence-corrected chi connectivity index (χ3v) is 4.18. The molecule has 1 N–H and O–H groups in total. The summed E-state index contributed by atoms with van der Waals surface area (Å²) in [4.78, 5) is 6.90. The number of hydrogen-bond acceptors (Lipinski definition) is 3. The second-order valence-electron chi connectivity index (χ2n) is 5.35. The van der Waals surface area contributed by atoms with Crippen LogP contribution in [0.2, 0.25) is 0 Å². The largest absolute Gasteiger partial charge is 0.317 e. The van der Waals surface area contributed by atoms with Gasteiger partial charge in [-0.2, -0.15) is 0 Å². The summed E-state index contributed by atoms with van der Waals surface area (Å²) in [6.45, 7) is 1.12. The van der Waals surface area contributed by atoms with E-state index in [1.807, 2.05) is 12.3 Å². The Labute approximate surface area is 111 Å². The molecule has 1 aromatic rings. The molecule has 1 aliphatic carbocycles. The zero-order valence-electron chi connectivity index (χ0n) is 11.6. The van der Waals surface area contributed by atoms with E-state index in [2.05, 4.69) is 41.4 Å². The van der Waals surface area contributed by atoms with Crippen LogP contribution >= 0.6 is 0 Å². The molecular formula is C15H25N3. The molecule has 0 saturated heterocycles. The van der Waals surface area contributed by atoms with Gasteiger partial charge in [0.1, 0.15) is 0 Å². The molecule has 1 heterocycles. The second-order valence-corrected chi connectivity index (χ2v) is 5.35. The van der Waals surface area contributed by atoms with E-state index in [4.69, 9.17) is 0 Å². The molecule has 2 rings (SSSR count). The van der Waals surface area contributed by atoms with E-state index in [-0.39, 0.29) is 0 Å². The molecule has 18 heavy (non-hydrogen) atoms. The summed E-state index contributed by atoms with van der Waals surface area (Å²) in [5, 5.41) is 3.39. The van der Waals surface area contributed by atoms with Crippen LogP contribution in [0, 0.1) is 0 Å². The summed E-state index contributed by atoms with van der Waals surface area (Å²) in [5.41, 5.74) is 1.20. The Hall–Kier alpha value is -0.930. The van der Waals surface area contributed by atoms with Crippen molar-refractivity contribution in [1.29, 1.82) is 0 Å². The van der Waals surface area contributed by atoms with Crippen molar-refractivity contribution in [1.82, 2.24) is 15.2 Å². The zero-order chi connectivity index (χ0) is 12.8. The fourth-order valence-corrected chi connectivity index (χ4v) is 2.82. The van der Waals surface area contributed by atoms with Gasteiger partial charge in [-0.25, -0.2) is 0 Å². The normalized spacial score (nSPS) is 24.4. The van der Waals surface area contributed by atoms with Gasteiger partial charge in [-0.3, -0.25) is 4.98 Å². The first-order valence-electron chi connectivity index (χ1n) is 7.07. The average Bonchev–Trinajstić information content (AvgIpc) is 2.46. The molecule has 100 valence electrons. The first-order valence-corrected chi connectivity index (χ1v) is 7.07. The standard InChI is InChI=1S/C15H25N3/c1-16-13-6-8-15(9-7-13)18(2)12-10-14-5-3-4-11-17-14/h3-5,11,13,15-16H,6-10,12H2,1-2H3. The maximum Gasteiger partial charge on any atom is 0.0416 e. The number of nitrogens with one attached hydrogen (secondary N) is 1. The number of nitrogens with zero attached hydrogens (tertiary/aromatic N) is 2. The molecule has 0 unspecified atom stereocenters. The van der Waals surface area contributed by atoms with Gasteiger partial charge >= 0.3 is 0 Å². The van der Waals surface area contributed by atoms with Crippen molar-refractivity contribution in [2.75, 3.05) is 20.6 Å². The molecule has 1 aliphatic rings. The fraction of sp³-hybridized carbons (Fsp3) is 0.667. The average molecular weight is 247 g/mol. The molecule has 0 aromatic carbocycles. The van der Waals surface area contributed by atoms with Crippen LogP contribution in [-0.4, -0.2) is 42.6 Å². The van der Waals surface area contributed by atoms with Crippen LogP contribution in [0.3, 0.4) is 0 Å². The van der Waals surface area contributed by atoms with Crippen molar-refractivity contribution in [3.05, 3.63) is 30.1 Å². The Balaban J connectivity index is 1.73. The molecule has 1 aromatic heterocycles. The quantitative estimate of drug-likeness (QED) is 0.863. The lowest BCUT2D eigenvalue weighted by atomic mass is 9.90. The van der Waals surface area contributed by atoms with Crippen molar-refractivity contribution < 1.29 is 0 Å². The van der Waals surface area contributed by atoms with Crippen molar-refractivity contribution >= 4 is 0 Å². The van der Waals surface area contributed by atoms with Crippen molar-refractivity contribution in [2.24, 2.45) is 0 Å². The molecule has 1 saturated carbocycles. The summed E-state index contributed by atoms with van der Waals surface area (Å²) < 4.78 is 0. The predicted molar refractivity (Wildman–Crippen MR) is 75.7 cm³/mol. The first-order chi connectivity index (χ1) is 8.79. The van der Waals surface area contributed by atoms with E-state index in [0.29, 0.717) is 0 Å². The Morgan fingerprint density at radius 3 is 2.67 bits per heavy atom. The predicted octanol–water partition coefficient (Wildman–Crippen LogP) is 2.09. The molecule has 0 radical (unpaired) electrons. The lowest BCUT2D eigenvalue weighted by Gasteiger charge is -2.34. The van der Waals surface area contributed by atoms with Crippen LogP contribution < -0.4 is 5.32 Å². The van der Waals surface area contributed by atoms with Crippen LogP contribution in [0.25, 0.3) is 0 Å². The summed E-state index contributed by atoms with van der Waals surface area (Å²) >= 11 is 0. The van der Waals surface area contributed by atoms with Gasteiger partial charge in [0.05, 0.1) is 0 Å². The summed E-state index contributed by atoms with van der Waals surface area (Å²) in [7, 11) is 4.34.